The van der Waals surface area contributed by atoms with E-state index in [1.54, 1.807) is 13.2 Å². The van der Waals surface area contributed by atoms with Crippen molar-refractivity contribution in [2.75, 3.05) is 13.7 Å². The Morgan fingerprint density at radius 2 is 2.00 bits per heavy atom. The average molecular weight is 433 g/mol. The summed E-state index contributed by atoms with van der Waals surface area (Å²) in [6.07, 6.45) is 7.21. The van der Waals surface area contributed by atoms with Gasteiger partial charge in [-0.1, -0.05) is 24.6 Å². The van der Waals surface area contributed by atoms with Crippen molar-refractivity contribution in [3.05, 3.63) is 65.4 Å². The number of esters is 1. The second kappa shape index (κ2) is 8.34. The molecule has 1 aromatic heterocycles. The summed E-state index contributed by atoms with van der Waals surface area (Å²) < 4.78 is 11.3. The number of fused-ring (bicyclic) bond motifs is 2. The highest BCUT2D eigenvalue weighted by molar-refractivity contribution is 5.98. The Bertz CT molecular complexity index is 1160. The van der Waals surface area contributed by atoms with E-state index in [1.807, 2.05) is 42.6 Å². The number of carbonyl (C=O) groups excluding carboxylic acids is 2. The summed E-state index contributed by atoms with van der Waals surface area (Å²) in [4.78, 5) is 29.5. The molecule has 6 heteroatoms. The normalized spacial score (nSPS) is 19.4. The molecule has 0 saturated heterocycles. The Labute approximate surface area is 187 Å². The fourth-order valence-corrected chi connectivity index (χ4v) is 5.36. The summed E-state index contributed by atoms with van der Waals surface area (Å²) >= 11 is 0. The third-order valence-corrected chi connectivity index (χ3v) is 6.94. The maximum atomic E-state index is 13.5. The summed E-state index contributed by atoms with van der Waals surface area (Å²) in [6.45, 7) is 0.514. The molecule has 1 saturated carbocycles. The first-order chi connectivity index (χ1) is 15.6. The molecule has 2 heterocycles. The molecule has 1 aliphatic carbocycles. The standard InChI is InChI=1S/C26H28N2O4/c1-31-18-9-10-19-17(16-28-22(19)15-18)11-14-27-24(29)23-20-7-3-4-8-21(20)25(30)32-26(23)12-5-2-6-13-26/h3-4,7-10,15-16,23,28H,2,5-6,11-14H2,1H3,(H,27,29). The maximum absolute atomic E-state index is 13.5. The number of rotatable bonds is 5. The van der Waals surface area contributed by atoms with Crippen LogP contribution in [-0.4, -0.2) is 36.1 Å². The molecule has 0 bridgehead atoms. The van der Waals surface area contributed by atoms with Gasteiger partial charge in [0.15, 0.2) is 0 Å². The minimum absolute atomic E-state index is 0.0617. The summed E-state index contributed by atoms with van der Waals surface area (Å²) in [5.41, 5.74) is 2.73. The highest BCUT2D eigenvalue weighted by Crippen LogP contribution is 2.47. The van der Waals surface area contributed by atoms with Crippen molar-refractivity contribution in [1.29, 1.82) is 0 Å². The Kier molecular flexibility index (Phi) is 5.37. The fraction of sp³-hybridized carbons (Fsp3) is 0.385. The summed E-state index contributed by atoms with van der Waals surface area (Å²) in [5, 5.41) is 4.26. The van der Waals surface area contributed by atoms with Crippen LogP contribution in [0.4, 0.5) is 0 Å². The number of ether oxygens (including phenoxy) is 2. The van der Waals surface area contributed by atoms with Crippen LogP contribution in [0.5, 0.6) is 5.75 Å². The molecule has 166 valence electrons. The number of aromatic amines is 1. The molecule has 0 radical (unpaired) electrons. The number of nitrogens with one attached hydrogen (secondary N) is 2. The van der Waals surface area contributed by atoms with Crippen LogP contribution in [0.2, 0.25) is 0 Å². The number of benzene rings is 2. The molecule has 2 aromatic carbocycles. The van der Waals surface area contributed by atoms with Crippen LogP contribution < -0.4 is 10.1 Å². The number of hydrogen-bond acceptors (Lipinski definition) is 4. The van der Waals surface area contributed by atoms with E-state index in [0.29, 0.717) is 18.5 Å². The third-order valence-electron chi connectivity index (χ3n) is 6.94. The predicted molar refractivity (Wildman–Crippen MR) is 122 cm³/mol. The van der Waals surface area contributed by atoms with E-state index < -0.39 is 11.5 Å². The van der Waals surface area contributed by atoms with Crippen LogP contribution in [0.25, 0.3) is 10.9 Å². The number of methoxy groups -OCH3 is 1. The summed E-state index contributed by atoms with van der Waals surface area (Å²) in [6, 6.07) is 13.3. The largest absolute Gasteiger partial charge is 0.497 e. The van der Waals surface area contributed by atoms with Crippen molar-refractivity contribution in [3.8, 4) is 5.75 Å². The van der Waals surface area contributed by atoms with Crippen LogP contribution in [0.15, 0.2) is 48.7 Å². The molecule has 1 amide bonds. The third kappa shape index (κ3) is 3.53. The molecule has 1 aliphatic heterocycles. The Hall–Kier alpha value is -3.28. The van der Waals surface area contributed by atoms with Gasteiger partial charge in [0.05, 0.1) is 12.7 Å². The van der Waals surface area contributed by atoms with Gasteiger partial charge in [-0.25, -0.2) is 4.79 Å². The van der Waals surface area contributed by atoms with Crippen LogP contribution >= 0.6 is 0 Å². The van der Waals surface area contributed by atoms with Gasteiger partial charge in [0.25, 0.3) is 0 Å². The topological polar surface area (TPSA) is 80.4 Å². The minimum Gasteiger partial charge on any atom is -0.497 e. The molecular formula is C26H28N2O4. The Morgan fingerprint density at radius 1 is 1.19 bits per heavy atom. The second-order valence-electron chi connectivity index (χ2n) is 8.80. The van der Waals surface area contributed by atoms with Crippen molar-refractivity contribution in [2.24, 2.45) is 0 Å². The second-order valence-corrected chi connectivity index (χ2v) is 8.80. The Balaban J connectivity index is 1.35. The lowest BCUT2D eigenvalue weighted by atomic mass is 9.69. The van der Waals surface area contributed by atoms with Gasteiger partial charge in [0.2, 0.25) is 5.91 Å². The first kappa shape index (κ1) is 20.6. The van der Waals surface area contributed by atoms with E-state index >= 15 is 0 Å². The first-order valence-corrected chi connectivity index (χ1v) is 11.4. The van der Waals surface area contributed by atoms with E-state index in [9.17, 15) is 9.59 Å². The monoisotopic (exact) mass is 432 g/mol. The minimum atomic E-state index is -0.731. The fourth-order valence-electron chi connectivity index (χ4n) is 5.36. The molecule has 1 atom stereocenters. The zero-order chi connectivity index (χ0) is 22.1. The molecule has 3 aromatic rings. The van der Waals surface area contributed by atoms with Gasteiger partial charge < -0.3 is 19.8 Å². The van der Waals surface area contributed by atoms with Gasteiger partial charge in [-0.2, -0.15) is 0 Å². The lowest BCUT2D eigenvalue weighted by molar-refractivity contribution is -0.133. The zero-order valence-electron chi connectivity index (χ0n) is 18.3. The van der Waals surface area contributed by atoms with E-state index in [2.05, 4.69) is 10.3 Å². The molecular weight excluding hydrogens is 404 g/mol. The van der Waals surface area contributed by atoms with Crippen molar-refractivity contribution < 1.29 is 19.1 Å². The highest BCUT2D eigenvalue weighted by atomic mass is 16.6. The first-order valence-electron chi connectivity index (χ1n) is 11.4. The summed E-state index contributed by atoms with van der Waals surface area (Å²) in [7, 11) is 1.65. The highest BCUT2D eigenvalue weighted by Gasteiger charge is 2.52. The van der Waals surface area contributed by atoms with Crippen molar-refractivity contribution in [2.45, 2.75) is 50.0 Å². The van der Waals surface area contributed by atoms with Crippen molar-refractivity contribution in [3.63, 3.8) is 0 Å². The zero-order valence-corrected chi connectivity index (χ0v) is 18.3. The predicted octanol–water partition coefficient (Wildman–Crippen LogP) is 4.49. The molecule has 32 heavy (non-hydrogen) atoms. The maximum Gasteiger partial charge on any atom is 0.339 e. The number of H-pyrrole nitrogens is 1. The van der Waals surface area contributed by atoms with Crippen LogP contribution in [-0.2, 0) is 16.0 Å². The van der Waals surface area contributed by atoms with Crippen LogP contribution in [0, 0.1) is 0 Å². The average Bonchev–Trinajstić information content (AvgIpc) is 3.22. The number of aromatic nitrogens is 1. The molecule has 5 rings (SSSR count). The molecule has 2 aliphatic rings. The Morgan fingerprint density at radius 3 is 2.81 bits per heavy atom. The molecule has 1 unspecified atom stereocenters. The summed E-state index contributed by atoms with van der Waals surface area (Å²) in [5.74, 6) is -0.0273. The number of carbonyl (C=O) groups is 2. The number of hydrogen-bond donors (Lipinski definition) is 2. The van der Waals surface area contributed by atoms with Gasteiger partial charge in [-0.3, -0.25) is 4.79 Å². The SMILES string of the molecule is COc1ccc2c(CCNC(=O)C3c4ccccc4C(=O)OC34CCCCC4)c[nH]c2c1. The molecule has 6 nitrogen and oxygen atoms in total. The smallest absolute Gasteiger partial charge is 0.339 e. The van der Waals surface area contributed by atoms with Crippen LogP contribution in [0.1, 0.15) is 59.5 Å². The van der Waals surface area contributed by atoms with Gasteiger partial charge in [-0.05, 0) is 61.4 Å². The van der Waals surface area contributed by atoms with E-state index in [1.165, 1.54) is 0 Å². The quantitative estimate of drug-likeness (QED) is 0.582. The van der Waals surface area contributed by atoms with E-state index in [0.717, 1.165) is 59.9 Å². The lowest BCUT2D eigenvalue weighted by Crippen LogP contribution is -2.52. The van der Waals surface area contributed by atoms with Crippen LogP contribution in [0.3, 0.4) is 0 Å². The molecule has 1 spiro atoms. The van der Waals surface area contributed by atoms with Crippen molar-refractivity contribution >= 4 is 22.8 Å². The molecule has 2 N–H and O–H groups in total. The van der Waals surface area contributed by atoms with Gasteiger partial charge in [0, 0.05) is 29.7 Å². The van der Waals surface area contributed by atoms with E-state index in [-0.39, 0.29) is 11.9 Å². The lowest BCUT2D eigenvalue weighted by Gasteiger charge is -2.45. The van der Waals surface area contributed by atoms with Crippen molar-refractivity contribution in [1.82, 2.24) is 10.3 Å². The van der Waals surface area contributed by atoms with Gasteiger partial charge in [0.1, 0.15) is 17.3 Å². The molecule has 1 fully saturated rings. The van der Waals surface area contributed by atoms with Gasteiger partial charge in [-0.15, -0.1) is 0 Å². The number of amides is 1. The van der Waals surface area contributed by atoms with Gasteiger partial charge >= 0.3 is 5.97 Å². The van der Waals surface area contributed by atoms with E-state index in [4.69, 9.17) is 9.47 Å².